The summed E-state index contributed by atoms with van der Waals surface area (Å²) in [6.07, 6.45) is 0. The molecule has 0 heterocycles. The summed E-state index contributed by atoms with van der Waals surface area (Å²) in [5.41, 5.74) is 2.57. The third-order valence-electron chi connectivity index (χ3n) is 3.26. The monoisotopic (exact) mass is 222 g/mol. The molecular weight excluding hydrogens is 208 g/mol. The lowest BCUT2D eigenvalue weighted by Crippen LogP contribution is -1.84. The molecule has 3 aromatic carbocycles. The number of phenolic OH excluding ortho intramolecular Hbond substituents is 1. The quantitative estimate of drug-likeness (QED) is 0.562. The van der Waals surface area contributed by atoms with Crippen molar-refractivity contribution in [1.82, 2.24) is 0 Å². The standard InChI is InChI=1S/C16H14O/c1-10-7-11(2)16-13(8-10)4-3-12-9-14(17)5-6-15(12)16/h3-9,17H,1-2H3. The van der Waals surface area contributed by atoms with Crippen LogP contribution in [0.4, 0.5) is 0 Å². The van der Waals surface area contributed by atoms with Crippen LogP contribution < -0.4 is 0 Å². The Kier molecular flexibility index (Phi) is 2.08. The molecule has 1 N–H and O–H groups in total. The Hall–Kier alpha value is -2.02. The minimum Gasteiger partial charge on any atom is -0.508 e. The second-order valence-electron chi connectivity index (χ2n) is 4.65. The van der Waals surface area contributed by atoms with E-state index in [9.17, 15) is 5.11 Å². The largest absolute Gasteiger partial charge is 0.508 e. The Morgan fingerprint density at radius 3 is 2.41 bits per heavy atom. The molecule has 1 heteroatoms. The smallest absolute Gasteiger partial charge is 0.116 e. The predicted octanol–water partition coefficient (Wildman–Crippen LogP) is 4.32. The van der Waals surface area contributed by atoms with E-state index < -0.39 is 0 Å². The van der Waals surface area contributed by atoms with Gasteiger partial charge in [0.05, 0.1) is 0 Å². The van der Waals surface area contributed by atoms with Gasteiger partial charge in [0, 0.05) is 0 Å². The number of aryl methyl sites for hydroxylation is 2. The maximum absolute atomic E-state index is 9.52. The molecule has 0 aliphatic carbocycles. The summed E-state index contributed by atoms with van der Waals surface area (Å²) < 4.78 is 0. The molecule has 17 heavy (non-hydrogen) atoms. The Bertz CT molecular complexity index is 726. The normalized spacial score (nSPS) is 11.2. The lowest BCUT2D eigenvalue weighted by atomic mass is 9.96. The summed E-state index contributed by atoms with van der Waals surface area (Å²) in [5, 5.41) is 14.4. The van der Waals surface area contributed by atoms with Gasteiger partial charge in [-0.2, -0.15) is 0 Å². The van der Waals surface area contributed by atoms with Crippen LogP contribution in [-0.2, 0) is 0 Å². The van der Waals surface area contributed by atoms with Crippen molar-refractivity contribution in [3.63, 3.8) is 0 Å². The zero-order valence-corrected chi connectivity index (χ0v) is 9.99. The highest BCUT2D eigenvalue weighted by molar-refractivity contribution is 6.09. The first-order valence-corrected chi connectivity index (χ1v) is 5.78. The number of fused-ring (bicyclic) bond motifs is 3. The van der Waals surface area contributed by atoms with Crippen LogP contribution >= 0.6 is 0 Å². The highest BCUT2D eigenvalue weighted by Crippen LogP contribution is 2.30. The third kappa shape index (κ3) is 1.55. The van der Waals surface area contributed by atoms with Gasteiger partial charge in [-0.25, -0.2) is 0 Å². The van der Waals surface area contributed by atoms with E-state index in [0.717, 1.165) is 5.39 Å². The zero-order chi connectivity index (χ0) is 12.0. The van der Waals surface area contributed by atoms with Crippen LogP contribution in [-0.4, -0.2) is 5.11 Å². The minimum absolute atomic E-state index is 0.321. The first-order valence-electron chi connectivity index (χ1n) is 5.78. The summed E-state index contributed by atoms with van der Waals surface area (Å²) >= 11 is 0. The van der Waals surface area contributed by atoms with Crippen molar-refractivity contribution in [2.24, 2.45) is 0 Å². The number of benzene rings is 3. The summed E-state index contributed by atoms with van der Waals surface area (Å²) in [6, 6.07) is 14.2. The summed E-state index contributed by atoms with van der Waals surface area (Å²) in [6.45, 7) is 4.26. The van der Waals surface area contributed by atoms with E-state index in [0.29, 0.717) is 5.75 Å². The molecule has 3 rings (SSSR count). The van der Waals surface area contributed by atoms with Gasteiger partial charge in [0.2, 0.25) is 0 Å². The molecule has 0 radical (unpaired) electrons. The van der Waals surface area contributed by atoms with Crippen LogP contribution in [0, 0.1) is 13.8 Å². The van der Waals surface area contributed by atoms with Gasteiger partial charge in [-0.1, -0.05) is 35.9 Å². The highest BCUT2D eigenvalue weighted by Gasteiger charge is 2.04. The summed E-state index contributed by atoms with van der Waals surface area (Å²) in [4.78, 5) is 0. The summed E-state index contributed by atoms with van der Waals surface area (Å²) in [5.74, 6) is 0.321. The third-order valence-corrected chi connectivity index (χ3v) is 3.26. The van der Waals surface area contributed by atoms with Gasteiger partial charge in [0.25, 0.3) is 0 Å². The molecule has 0 bridgehead atoms. The van der Waals surface area contributed by atoms with Crippen molar-refractivity contribution >= 4 is 21.5 Å². The lowest BCUT2D eigenvalue weighted by molar-refractivity contribution is 0.476. The molecule has 3 aromatic rings. The van der Waals surface area contributed by atoms with E-state index in [4.69, 9.17) is 0 Å². The van der Waals surface area contributed by atoms with Crippen molar-refractivity contribution in [3.8, 4) is 5.75 Å². The van der Waals surface area contributed by atoms with Gasteiger partial charge in [-0.3, -0.25) is 0 Å². The average Bonchev–Trinajstić information content (AvgIpc) is 2.28. The van der Waals surface area contributed by atoms with E-state index >= 15 is 0 Å². The predicted molar refractivity (Wildman–Crippen MR) is 72.6 cm³/mol. The van der Waals surface area contributed by atoms with Crippen molar-refractivity contribution < 1.29 is 5.11 Å². The van der Waals surface area contributed by atoms with Crippen LogP contribution in [0.25, 0.3) is 21.5 Å². The second kappa shape index (κ2) is 3.49. The fourth-order valence-corrected chi connectivity index (χ4v) is 2.60. The molecule has 0 aromatic heterocycles. The Balaban J connectivity index is 2.55. The van der Waals surface area contributed by atoms with Crippen LogP contribution in [0.3, 0.4) is 0 Å². The molecule has 0 saturated carbocycles. The molecule has 0 amide bonds. The van der Waals surface area contributed by atoms with Gasteiger partial charge < -0.3 is 5.11 Å². The van der Waals surface area contributed by atoms with Crippen LogP contribution in [0.15, 0.2) is 42.5 Å². The van der Waals surface area contributed by atoms with Gasteiger partial charge in [-0.15, -0.1) is 0 Å². The molecule has 1 nitrogen and oxygen atoms in total. The first kappa shape index (κ1) is 10.2. The Morgan fingerprint density at radius 2 is 1.59 bits per heavy atom. The molecule has 0 atom stereocenters. The van der Waals surface area contributed by atoms with E-state index in [1.807, 2.05) is 12.1 Å². The maximum atomic E-state index is 9.52. The molecule has 0 aliphatic rings. The average molecular weight is 222 g/mol. The van der Waals surface area contributed by atoms with E-state index in [-0.39, 0.29) is 0 Å². The molecule has 0 spiro atoms. The Morgan fingerprint density at radius 1 is 0.824 bits per heavy atom. The van der Waals surface area contributed by atoms with Gasteiger partial charge >= 0.3 is 0 Å². The molecule has 0 saturated heterocycles. The van der Waals surface area contributed by atoms with E-state index in [1.54, 1.807) is 6.07 Å². The highest BCUT2D eigenvalue weighted by atomic mass is 16.3. The molecule has 0 aliphatic heterocycles. The molecule has 0 fully saturated rings. The van der Waals surface area contributed by atoms with Crippen molar-refractivity contribution in [2.75, 3.05) is 0 Å². The van der Waals surface area contributed by atoms with E-state index in [1.165, 1.54) is 27.3 Å². The van der Waals surface area contributed by atoms with Crippen molar-refractivity contribution in [2.45, 2.75) is 13.8 Å². The SMILES string of the molecule is Cc1cc(C)c2c(ccc3cc(O)ccc32)c1. The van der Waals surface area contributed by atoms with Gasteiger partial charge in [-0.05, 0) is 53.1 Å². The number of hydrogen-bond acceptors (Lipinski definition) is 1. The minimum atomic E-state index is 0.321. The van der Waals surface area contributed by atoms with Crippen LogP contribution in [0.1, 0.15) is 11.1 Å². The Labute approximate surface area is 100 Å². The van der Waals surface area contributed by atoms with E-state index in [2.05, 4.69) is 38.1 Å². The van der Waals surface area contributed by atoms with Crippen molar-refractivity contribution in [3.05, 3.63) is 53.6 Å². The molecular formula is C16H14O. The molecule has 84 valence electrons. The van der Waals surface area contributed by atoms with Gasteiger partial charge in [0.1, 0.15) is 5.75 Å². The fourth-order valence-electron chi connectivity index (χ4n) is 2.60. The lowest BCUT2D eigenvalue weighted by Gasteiger charge is -2.08. The number of phenols is 1. The molecule has 0 unspecified atom stereocenters. The maximum Gasteiger partial charge on any atom is 0.116 e. The summed E-state index contributed by atoms with van der Waals surface area (Å²) in [7, 11) is 0. The zero-order valence-electron chi connectivity index (χ0n) is 9.99. The van der Waals surface area contributed by atoms with Crippen LogP contribution in [0.5, 0.6) is 5.75 Å². The fraction of sp³-hybridized carbons (Fsp3) is 0.125. The van der Waals surface area contributed by atoms with Crippen LogP contribution in [0.2, 0.25) is 0 Å². The van der Waals surface area contributed by atoms with Crippen molar-refractivity contribution in [1.29, 1.82) is 0 Å². The number of aromatic hydroxyl groups is 1. The number of hydrogen-bond donors (Lipinski definition) is 1. The first-order chi connectivity index (χ1) is 8.15. The number of rotatable bonds is 0. The second-order valence-corrected chi connectivity index (χ2v) is 4.65. The van der Waals surface area contributed by atoms with Gasteiger partial charge in [0.15, 0.2) is 0 Å². The topological polar surface area (TPSA) is 20.2 Å².